The predicted molar refractivity (Wildman–Crippen MR) is 122 cm³/mol. The summed E-state index contributed by atoms with van der Waals surface area (Å²) in [5.74, 6) is 0.289. The summed E-state index contributed by atoms with van der Waals surface area (Å²) in [6, 6.07) is 0. The normalized spacial score (nSPS) is 36.6. The minimum atomic E-state index is -0.565. The fraction of sp³-hybridized carbons (Fsp3) is 1.00. The molecule has 0 amide bonds. The Morgan fingerprint density at radius 3 is 1.84 bits per heavy atom. The van der Waals surface area contributed by atoms with Crippen molar-refractivity contribution in [2.45, 2.75) is 135 Å². The van der Waals surface area contributed by atoms with Gasteiger partial charge < -0.3 is 28.8 Å². The van der Waals surface area contributed by atoms with Gasteiger partial charge in [0.2, 0.25) is 0 Å². The molecule has 1 saturated heterocycles. The van der Waals surface area contributed by atoms with E-state index in [0.29, 0.717) is 19.8 Å². The summed E-state index contributed by atoms with van der Waals surface area (Å²) < 4.78 is 31.8. The minimum Gasteiger partial charge on any atom is -0.390 e. The van der Waals surface area contributed by atoms with Crippen LogP contribution in [0.3, 0.4) is 0 Å². The van der Waals surface area contributed by atoms with Gasteiger partial charge in [-0.05, 0) is 44.9 Å². The average molecular weight is 445 g/mol. The highest BCUT2D eigenvalue weighted by molar-refractivity contribution is 4.93. The molecular weight excluding hydrogens is 396 g/mol. The van der Waals surface area contributed by atoms with E-state index in [2.05, 4.69) is 27.7 Å². The fourth-order valence-electron chi connectivity index (χ4n) is 4.51. The molecule has 1 aliphatic heterocycles. The first kappa shape index (κ1) is 27.0. The number of rotatable bonds is 14. The van der Waals surface area contributed by atoms with Crippen LogP contribution < -0.4 is 0 Å². The summed E-state index contributed by atoms with van der Waals surface area (Å²) >= 11 is 0. The van der Waals surface area contributed by atoms with Gasteiger partial charge in [0.05, 0.1) is 18.3 Å². The molecule has 0 bridgehead atoms. The maximum absolute atomic E-state index is 10.6. The summed E-state index contributed by atoms with van der Waals surface area (Å²) in [5, 5.41) is 10.6. The molecule has 1 N–H and O–H groups in total. The molecule has 2 fully saturated rings. The zero-order valence-corrected chi connectivity index (χ0v) is 20.6. The Morgan fingerprint density at radius 2 is 1.29 bits per heavy atom. The van der Waals surface area contributed by atoms with Crippen LogP contribution in [0.1, 0.15) is 92.4 Å². The van der Waals surface area contributed by atoms with E-state index in [9.17, 15) is 5.11 Å². The molecule has 0 aromatic rings. The van der Waals surface area contributed by atoms with E-state index >= 15 is 0 Å². The van der Waals surface area contributed by atoms with Crippen LogP contribution >= 0.6 is 0 Å². The molecule has 184 valence electrons. The van der Waals surface area contributed by atoms with E-state index in [0.717, 1.165) is 57.8 Å². The topological polar surface area (TPSA) is 66.4 Å². The molecule has 0 spiro atoms. The number of hydrogen-bond donors (Lipinski definition) is 1. The quantitative estimate of drug-likeness (QED) is 0.386. The molecule has 31 heavy (non-hydrogen) atoms. The van der Waals surface area contributed by atoms with Crippen molar-refractivity contribution in [1.29, 1.82) is 0 Å². The largest absolute Gasteiger partial charge is 0.390 e. The van der Waals surface area contributed by atoms with Gasteiger partial charge in [-0.1, -0.05) is 53.4 Å². The molecule has 1 heterocycles. The Labute approximate surface area is 190 Å². The standard InChI is InChI=1S/C25H48O6/c1-6-9-15-27-22-19(5)30-25(31-21-18(4)13-12-14-20(21)26)24(29-17-11-8-3)23(22)28-16-10-7-2/h18-26H,6-17H2,1-5H3/t18?,19?,20-,21?,22-,23?,24?,25+/m1/s1. The number of aliphatic hydroxyl groups excluding tert-OH is 1. The monoisotopic (exact) mass is 444 g/mol. The second-order valence-corrected chi connectivity index (χ2v) is 9.35. The lowest BCUT2D eigenvalue weighted by Gasteiger charge is -2.47. The lowest BCUT2D eigenvalue weighted by Crippen LogP contribution is -2.61. The van der Waals surface area contributed by atoms with E-state index in [1.807, 2.05) is 6.92 Å². The van der Waals surface area contributed by atoms with Crippen LogP contribution in [-0.4, -0.2) is 67.8 Å². The first-order valence-electron chi connectivity index (χ1n) is 12.9. The lowest BCUT2D eigenvalue weighted by atomic mass is 9.85. The van der Waals surface area contributed by atoms with E-state index < -0.39 is 12.4 Å². The van der Waals surface area contributed by atoms with Gasteiger partial charge in [0.25, 0.3) is 0 Å². The Morgan fingerprint density at radius 1 is 0.742 bits per heavy atom. The maximum atomic E-state index is 10.6. The van der Waals surface area contributed by atoms with Crippen molar-refractivity contribution in [2.75, 3.05) is 19.8 Å². The molecule has 0 aromatic heterocycles. The van der Waals surface area contributed by atoms with Crippen molar-refractivity contribution in [3.8, 4) is 0 Å². The molecule has 0 radical (unpaired) electrons. The van der Waals surface area contributed by atoms with Gasteiger partial charge in [0.15, 0.2) is 6.29 Å². The van der Waals surface area contributed by atoms with Crippen molar-refractivity contribution in [2.24, 2.45) is 5.92 Å². The highest BCUT2D eigenvalue weighted by Crippen LogP contribution is 2.34. The highest BCUT2D eigenvalue weighted by atomic mass is 16.7. The van der Waals surface area contributed by atoms with Crippen LogP contribution in [-0.2, 0) is 23.7 Å². The number of unbranched alkanes of at least 4 members (excludes halogenated alkanes) is 3. The zero-order valence-electron chi connectivity index (χ0n) is 20.6. The van der Waals surface area contributed by atoms with Gasteiger partial charge in [-0.25, -0.2) is 0 Å². The summed E-state index contributed by atoms with van der Waals surface area (Å²) in [6.45, 7) is 12.7. The summed E-state index contributed by atoms with van der Waals surface area (Å²) in [6.07, 6.45) is 6.85. The molecule has 5 unspecified atom stereocenters. The van der Waals surface area contributed by atoms with Crippen LogP contribution in [0.4, 0.5) is 0 Å². The second-order valence-electron chi connectivity index (χ2n) is 9.35. The van der Waals surface area contributed by atoms with Crippen LogP contribution in [0.5, 0.6) is 0 Å². The molecule has 8 atom stereocenters. The van der Waals surface area contributed by atoms with Crippen molar-refractivity contribution in [1.82, 2.24) is 0 Å². The Hall–Kier alpha value is -0.240. The Kier molecular flexibility index (Phi) is 12.9. The van der Waals surface area contributed by atoms with Gasteiger partial charge in [-0.2, -0.15) is 0 Å². The Bertz CT molecular complexity index is 451. The van der Waals surface area contributed by atoms with Crippen LogP contribution in [0.15, 0.2) is 0 Å². The first-order valence-corrected chi connectivity index (χ1v) is 12.9. The van der Waals surface area contributed by atoms with E-state index in [1.165, 1.54) is 0 Å². The molecule has 1 saturated carbocycles. The summed E-state index contributed by atoms with van der Waals surface area (Å²) in [5.41, 5.74) is 0. The molecule has 0 aromatic carbocycles. The number of aliphatic hydroxyl groups is 1. The van der Waals surface area contributed by atoms with E-state index in [1.54, 1.807) is 0 Å². The summed E-state index contributed by atoms with van der Waals surface area (Å²) in [4.78, 5) is 0. The second kappa shape index (κ2) is 14.8. The first-order chi connectivity index (χ1) is 15.0. The molecule has 1 aliphatic carbocycles. The van der Waals surface area contributed by atoms with Gasteiger partial charge in [-0.15, -0.1) is 0 Å². The van der Waals surface area contributed by atoms with Gasteiger partial charge in [-0.3, -0.25) is 0 Å². The smallest absolute Gasteiger partial charge is 0.187 e. The highest BCUT2D eigenvalue weighted by Gasteiger charge is 2.49. The third-order valence-electron chi connectivity index (χ3n) is 6.54. The maximum Gasteiger partial charge on any atom is 0.187 e. The average Bonchev–Trinajstić information content (AvgIpc) is 2.74. The van der Waals surface area contributed by atoms with Crippen LogP contribution in [0, 0.1) is 5.92 Å². The SMILES string of the molecule is CCCCOC1C(OCCCC)[C@H](OCCCC)C(C)O[C@H]1OC1C(C)CCC[C@H]1O. The minimum absolute atomic E-state index is 0.171. The molecule has 2 rings (SSSR count). The molecular formula is C25H48O6. The van der Waals surface area contributed by atoms with Gasteiger partial charge >= 0.3 is 0 Å². The predicted octanol–water partition coefficient (Wildman–Crippen LogP) is 4.85. The van der Waals surface area contributed by atoms with Crippen molar-refractivity contribution >= 4 is 0 Å². The third-order valence-corrected chi connectivity index (χ3v) is 6.54. The van der Waals surface area contributed by atoms with Crippen LogP contribution in [0.25, 0.3) is 0 Å². The molecule has 2 aliphatic rings. The third kappa shape index (κ3) is 8.24. The van der Waals surface area contributed by atoms with Gasteiger partial charge in [0.1, 0.15) is 18.3 Å². The lowest BCUT2D eigenvalue weighted by molar-refractivity contribution is -0.334. The Balaban J connectivity index is 2.19. The van der Waals surface area contributed by atoms with E-state index in [4.69, 9.17) is 23.7 Å². The summed E-state index contributed by atoms with van der Waals surface area (Å²) in [7, 11) is 0. The van der Waals surface area contributed by atoms with Crippen molar-refractivity contribution in [3.05, 3.63) is 0 Å². The number of ether oxygens (including phenoxy) is 5. The fourth-order valence-corrected chi connectivity index (χ4v) is 4.51. The number of hydrogen-bond acceptors (Lipinski definition) is 6. The molecule has 6 nitrogen and oxygen atoms in total. The van der Waals surface area contributed by atoms with Crippen molar-refractivity contribution < 1.29 is 28.8 Å². The van der Waals surface area contributed by atoms with Crippen molar-refractivity contribution in [3.63, 3.8) is 0 Å². The zero-order chi connectivity index (χ0) is 22.6. The molecule has 6 heteroatoms. The van der Waals surface area contributed by atoms with E-state index in [-0.39, 0.29) is 36.4 Å². The van der Waals surface area contributed by atoms with Crippen LogP contribution in [0.2, 0.25) is 0 Å². The van der Waals surface area contributed by atoms with Gasteiger partial charge in [0, 0.05) is 19.8 Å².